The summed E-state index contributed by atoms with van der Waals surface area (Å²) in [5, 5.41) is 5.26. The van der Waals surface area contributed by atoms with E-state index in [-0.39, 0.29) is 0 Å². The van der Waals surface area contributed by atoms with E-state index in [4.69, 9.17) is 16.6 Å². The second-order valence-electron chi connectivity index (χ2n) is 6.45. The molecule has 4 heteroatoms. The molecule has 0 spiro atoms. The Morgan fingerprint density at radius 3 is 2.65 bits per heavy atom. The zero-order valence-electron chi connectivity index (χ0n) is 13.3. The Balaban J connectivity index is 1.78. The lowest BCUT2D eigenvalue weighted by molar-refractivity contribution is 0.700. The van der Waals surface area contributed by atoms with Gasteiger partial charge in [0.15, 0.2) is 5.65 Å². The van der Waals surface area contributed by atoms with Crippen molar-refractivity contribution in [1.29, 1.82) is 0 Å². The van der Waals surface area contributed by atoms with Gasteiger partial charge in [0.05, 0.1) is 6.20 Å². The number of fused-ring (bicyclic) bond motifs is 1. The normalized spacial score (nSPS) is 15.6. The SMILES string of the molecule is Cc1nc2c(Cc3ccccc3)cnn2c(Cl)c1C1CCCC1. The molecule has 0 N–H and O–H groups in total. The third kappa shape index (κ3) is 2.63. The molecule has 1 aliphatic rings. The molecular formula is C19H20ClN3. The van der Waals surface area contributed by atoms with Gasteiger partial charge in [0.2, 0.25) is 0 Å². The first-order chi connectivity index (χ1) is 11.2. The van der Waals surface area contributed by atoms with Crippen LogP contribution in [0.1, 0.15) is 54.0 Å². The molecule has 0 saturated heterocycles. The largest absolute Gasteiger partial charge is 0.233 e. The zero-order valence-corrected chi connectivity index (χ0v) is 14.1. The molecule has 0 bridgehead atoms. The molecule has 0 amide bonds. The Labute approximate surface area is 141 Å². The van der Waals surface area contributed by atoms with Crippen LogP contribution in [0.25, 0.3) is 5.65 Å². The third-order valence-corrected chi connectivity index (χ3v) is 5.25. The van der Waals surface area contributed by atoms with E-state index in [0.717, 1.165) is 28.5 Å². The number of hydrogen-bond acceptors (Lipinski definition) is 2. The van der Waals surface area contributed by atoms with E-state index in [1.807, 2.05) is 16.8 Å². The molecule has 1 aliphatic carbocycles. The van der Waals surface area contributed by atoms with Crippen molar-refractivity contribution in [1.82, 2.24) is 14.6 Å². The first kappa shape index (κ1) is 14.7. The minimum absolute atomic E-state index is 0.543. The van der Waals surface area contributed by atoms with Gasteiger partial charge in [-0.2, -0.15) is 5.10 Å². The van der Waals surface area contributed by atoms with Gasteiger partial charge in [-0.1, -0.05) is 54.8 Å². The summed E-state index contributed by atoms with van der Waals surface area (Å²) in [7, 11) is 0. The maximum Gasteiger partial charge on any atom is 0.160 e. The highest BCUT2D eigenvalue weighted by Gasteiger charge is 2.24. The first-order valence-electron chi connectivity index (χ1n) is 8.30. The monoisotopic (exact) mass is 325 g/mol. The highest BCUT2D eigenvalue weighted by Crippen LogP contribution is 2.39. The van der Waals surface area contributed by atoms with Crippen LogP contribution in [-0.4, -0.2) is 14.6 Å². The maximum absolute atomic E-state index is 6.70. The quantitative estimate of drug-likeness (QED) is 0.638. The number of hydrogen-bond donors (Lipinski definition) is 0. The van der Waals surface area contributed by atoms with Crippen LogP contribution < -0.4 is 0 Å². The van der Waals surface area contributed by atoms with E-state index < -0.39 is 0 Å². The van der Waals surface area contributed by atoms with E-state index in [1.54, 1.807) is 0 Å². The molecule has 0 radical (unpaired) electrons. The molecule has 3 aromatic rings. The highest BCUT2D eigenvalue weighted by atomic mass is 35.5. The average Bonchev–Trinajstić information content (AvgIpc) is 3.19. The number of aryl methyl sites for hydroxylation is 1. The number of rotatable bonds is 3. The summed E-state index contributed by atoms with van der Waals surface area (Å²) in [6, 6.07) is 10.4. The summed E-state index contributed by atoms with van der Waals surface area (Å²) in [4.78, 5) is 4.85. The van der Waals surface area contributed by atoms with Gasteiger partial charge < -0.3 is 0 Å². The molecule has 2 aromatic heterocycles. The highest BCUT2D eigenvalue weighted by molar-refractivity contribution is 6.30. The van der Waals surface area contributed by atoms with E-state index in [0.29, 0.717) is 5.92 Å². The second kappa shape index (κ2) is 5.97. The molecule has 0 aliphatic heterocycles. The Hall–Kier alpha value is -1.87. The average molecular weight is 326 g/mol. The Morgan fingerprint density at radius 2 is 1.91 bits per heavy atom. The van der Waals surface area contributed by atoms with E-state index in [1.165, 1.54) is 36.8 Å². The van der Waals surface area contributed by atoms with Gasteiger partial charge in [-0.3, -0.25) is 0 Å². The summed E-state index contributed by atoms with van der Waals surface area (Å²) < 4.78 is 1.82. The molecule has 1 fully saturated rings. The van der Waals surface area contributed by atoms with Crippen molar-refractivity contribution in [3.8, 4) is 0 Å². The van der Waals surface area contributed by atoms with Gasteiger partial charge in [-0.25, -0.2) is 9.50 Å². The van der Waals surface area contributed by atoms with Gasteiger partial charge in [0, 0.05) is 23.2 Å². The Bertz CT molecular complexity index is 833. The fraction of sp³-hybridized carbons (Fsp3) is 0.368. The van der Waals surface area contributed by atoms with Crippen LogP contribution in [0.5, 0.6) is 0 Å². The summed E-state index contributed by atoms with van der Waals surface area (Å²) >= 11 is 6.70. The van der Waals surface area contributed by atoms with E-state index >= 15 is 0 Å². The van der Waals surface area contributed by atoms with Crippen LogP contribution >= 0.6 is 11.6 Å². The van der Waals surface area contributed by atoms with Crippen molar-refractivity contribution >= 4 is 17.2 Å². The van der Waals surface area contributed by atoms with Crippen LogP contribution in [0.2, 0.25) is 5.15 Å². The van der Waals surface area contributed by atoms with E-state index in [9.17, 15) is 0 Å². The van der Waals surface area contributed by atoms with Gasteiger partial charge in [-0.05, 0) is 31.2 Å². The zero-order chi connectivity index (χ0) is 15.8. The molecule has 0 unspecified atom stereocenters. The van der Waals surface area contributed by atoms with Crippen molar-refractivity contribution in [2.24, 2.45) is 0 Å². The summed E-state index contributed by atoms with van der Waals surface area (Å²) in [5.74, 6) is 0.543. The predicted octanol–water partition coefficient (Wildman–Crippen LogP) is 4.94. The molecule has 118 valence electrons. The number of aromatic nitrogens is 3. The minimum atomic E-state index is 0.543. The van der Waals surface area contributed by atoms with Crippen LogP contribution in [0.15, 0.2) is 36.5 Å². The van der Waals surface area contributed by atoms with Crippen molar-refractivity contribution in [3.63, 3.8) is 0 Å². The lowest BCUT2D eigenvalue weighted by Crippen LogP contribution is -2.06. The first-order valence-corrected chi connectivity index (χ1v) is 8.68. The smallest absolute Gasteiger partial charge is 0.160 e. The van der Waals surface area contributed by atoms with Crippen LogP contribution in [0, 0.1) is 6.92 Å². The van der Waals surface area contributed by atoms with Crippen molar-refractivity contribution < 1.29 is 0 Å². The molecule has 0 atom stereocenters. The molecule has 4 rings (SSSR count). The minimum Gasteiger partial charge on any atom is -0.233 e. The fourth-order valence-corrected chi connectivity index (χ4v) is 4.15. The number of halogens is 1. The van der Waals surface area contributed by atoms with Gasteiger partial charge >= 0.3 is 0 Å². The summed E-state index contributed by atoms with van der Waals surface area (Å²) in [5.41, 5.74) is 5.53. The summed E-state index contributed by atoms with van der Waals surface area (Å²) in [6.07, 6.45) is 7.74. The molecule has 2 heterocycles. The molecule has 1 aromatic carbocycles. The predicted molar refractivity (Wildman–Crippen MR) is 93.2 cm³/mol. The Kier molecular flexibility index (Phi) is 3.82. The maximum atomic E-state index is 6.70. The number of benzene rings is 1. The van der Waals surface area contributed by atoms with Crippen molar-refractivity contribution in [2.75, 3.05) is 0 Å². The lowest BCUT2D eigenvalue weighted by Gasteiger charge is -2.15. The standard InChI is InChI=1S/C19H20ClN3/c1-13-17(15-9-5-6-10-15)18(20)23-19(22-13)16(12-21-23)11-14-7-3-2-4-8-14/h2-4,7-8,12,15H,5-6,9-11H2,1H3. The topological polar surface area (TPSA) is 30.2 Å². The van der Waals surface area contributed by atoms with E-state index in [2.05, 4.69) is 36.3 Å². The second-order valence-corrected chi connectivity index (χ2v) is 6.81. The van der Waals surface area contributed by atoms with Crippen LogP contribution in [0.3, 0.4) is 0 Å². The molecular weight excluding hydrogens is 306 g/mol. The third-order valence-electron chi connectivity index (χ3n) is 4.89. The molecule has 23 heavy (non-hydrogen) atoms. The van der Waals surface area contributed by atoms with Crippen molar-refractivity contribution in [3.05, 3.63) is 64.1 Å². The fourth-order valence-electron chi connectivity index (χ4n) is 3.74. The Morgan fingerprint density at radius 1 is 1.17 bits per heavy atom. The van der Waals surface area contributed by atoms with Gasteiger partial charge in [-0.15, -0.1) is 0 Å². The van der Waals surface area contributed by atoms with Gasteiger partial charge in [0.25, 0.3) is 0 Å². The lowest BCUT2D eigenvalue weighted by atomic mass is 9.98. The van der Waals surface area contributed by atoms with Crippen LogP contribution in [0.4, 0.5) is 0 Å². The number of nitrogens with zero attached hydrogens (tertiary/aromatic N) is 3. The van der Waals surface area contributed by atoms with Gasteiger partial charge in [0.1, 0.15) is 5.15 Å². The summed E-state index contributed by atoms with van der Waals surface area (Å²) in [6.45, 7) is 2.08. The molecule has 1 saturated carbocycles. The van der Waals surface area contributed by atoms with Crippen molar-refractivity contribution in [2.45, 2.75) is 44.9 Å². The molecule has 3 nitrogen and oxygen atoms in total. The van der Waals surface area contributed by atoms with Crippen LogP contribution in [-0.2, 0) is 6.42 Å².